The molecule has 2 N–H and O–H groups in total. The molecule has 1 heterocycles. The van der Waals surface area contributed by atoms with Crippen molar-refractivity contribution in [2.75, 3.05) is 6.61 Å². The van der Waals surface area contributed by atoms with Crippen LogP contribution in [0, 0.1) is 13.8 Å². The van der Waals surface area contributed by atoms with Crippen molar-refractivity contribution in [3.05, 3.63) is 53.0 Å². The van der Waals surface area contributed by atoms with Gasteiger partial charge in [0, 0.05) is 0 Å². The van der Waals surface area contributed by atoms with Crippen molar-refractivity contribution >= 4 is 5.91 Å². The SMILES string of the molecule is Cc1ccc(OCc2ccc(C(=O)NC(C)(C)CO)o2)c(C)c1. The summed E-state index contributed by atoms with van der Waals surface area (Å²) in [4.78, 5) is 12.0. The maximum Gasteiger partial charge on any atom is 0.287 e. The lowest BCUT2D eigenvalue weighted by Crippen LogP contribution is -2.46. The van der Waals surface area contributed by atoms with E-state index in [9.17, 15) is 9.90 Å². The van der Waals surface area contributed by atoms with Gasteiger partial charge in [0.15, 0.2) is 5.76 Å². The summed E-state index contributed by atoms with van der Waals surface area (Å²) in [5.74, 6) is 1.20. The molecule has 0 saturated carbocycles. The van der Waals surface area contributed by atoms with Crippen LogP contribution >= 0.6 is 0 Å². The number of hydrogen-bond acceptors (Lipinski definition) is 4. The van der Waals surface area contributed by atoms with Crippen LogP contribution in [0.5, 0.6) is 5.75 Å². The fraction of sp³-hybridized carbons (Fsp3) is 0.389. The minimum absolute atomic E-state index is 0.151. The van der Waals surface area contributed by atoms with Crippen LogP contribution < -0.4 is 10.1 Å². The number of aryl methyl sites for hydroxylation is 2. The van der Waals surface area contributed by atoms with Crippen molar-refractivity contribution < 1.29 is 19.1 Å². The number of nitrogens with one attached hydrogen (secondary N) is 1. The number of rotatable bonds is 6. The zero-order valence-electron chi connectivity index (χ0n) is 14.0. The Morgan fingerprint density at radius 1 is 1.26 bits per heavy atom. The van der Waals surface area contributed by atoms with E-state index >= 15 is 0 Å². The molecule has 0 atom stereocenters. The highest BCUT2D eigenvalue weighted by Gasteiger charge is 2.22. The molecule has 1 amide bonds. The largest absolute Gasteiger partial charge is 0.485 e. The molecular formula is C18H23NO4. The van der Waals surface area contributed by atoms with Crippen molar-refractivity contribution in [3.8, 4) is 5.75 Å². The fourth-order valence-electron chi connectivity index (χ4n) is 2.10. The first-order chi connectivity index (χ1) is 10.8. The number of hydrogen-bond donors (Lipinski definition) is 2. The van der Waals surface area contributed by atoms with E-state index in [2.05, 4.69) is 5.32 Å². The minimum Gasteiger partial charge on any atom is -0.485 e. The van der Waals surface area contributed by atoms with Crippen molar-refractivity contribution in [1.82, 2.24) is 5.32 Å². The molecule has 0 bridgehead atoms. The molecule has 1 aromatic carbocycles. The van der Waals surface area contributed by atoms with Gasteiger partial charge in [-0.3, -0.25) is 4.79 Å². The van der Waals surface area contributed by atoms with Crippen LogP contribution in [-0.2, 0) is 6.61 Å². The molecule has 2 rings (SSSR count). The second-order valence-corrected chi connectivity index (χ2v) is 6.32. The Kier molecular flexibility index (Phi) is 5.11. The number of aliphatic hydroxyl groups is 1. The molecule has 0 unspecified atom stereocenters. The second kappa shape index (κ2) is 6.87. The molecule has 0 saturated heterocycles. The minimum atomic E-state index is -0.695. The van der Waals surface area contributed by atoms with E-state index in [0.717, 1.165) is 11.3 Å². The van der Waals surface area contributed by atoms with Gasteiger partial charge in [-0.05, 0) is 51.5 Å². The van der Waals surface area contributed by atoms with Crippen LogP contribution in [0.25, 0.3) is 0 Å². The van der Waals surface area contributed by atoms with Gasteiger partial charge in [0.25, 0.3) is 5.91 Å². The van der Waals surface area contributed by atoms with Gasteiger partial charge in [0.1, 0.15) is 18.1 Å². The van der Waals surface area contributed by atoms with Gasteiger partial charge in [0.05, 0.1) is 12.1 Å². The standard InChI is InChI=1S/C18H23NO4/c1-12-5-7-15(13(2)9-12)22-10-14-6-8-16(23-14)17(21)19-18(3,4)11-20/h5-9,20H,10-11H2,1-4H3,(H,19,21). The first kappa shape index (κ1) is 17.1. The van der Waals surface area contributed by atoms with Gasteiger partial charge in [-0.25, -0.2) is 0 Å². The topological polar surface area (TPSA) is 71.7 Å². The van der Waals surface area contributed by atoms with Gasteiger partial charge < -0.3 is 19.6 Å². The quantitative estimate of drug-likeness (QED) is 0.859. The molecule has 0 spiro atoms. The summed E-state index contributed by atoms with van der Waals surface area (Å²) in [6, 6.07) is 9.27. The van der Waals surface area contributed by atoms with E-state index in [-0.39, 0.29) is 24.9 Å². The number of benzene rings is 1. The molecule has 23 heavy (non-hydrogen) atoms. The summed E-state index contributed by atoms with van der Waals surface area (Å²) in [6.07, 6.45) is 0. The van der Waals surface area contributed by atoms with Crippen molar-refractivity contribution in [2.24, 2.45) is 0 Å². The van der Waals surface area contributed by atoms with Gasteiger partial charge >= 0.3 is 0 Å². The third-order valence-corrected chi connectivity index (χ3v) is 3.43. The summed E-state index contributed by atoms with van der Waals surface area (Å²) in [5.41, 5.74) is 1.54. The lowest BCUT2D eigenvalue weighted by Gasteiger charge is -2.22. The third-order valence-electron chi connectivity index (χ3n) is 3.43. The van der Waals surface area contributed by atoms with E-state index in [1.54, 1.807) is 26.0 Å². The summed E-state index contributed by atoms with van der Waals surface area (Å²) in [6.45, 7) is 7.58. The molecule has 124 valence electrons. The molecule has 0 aliphatic heterocycles. The van der Waals surface area contributed by atoms with E-state index in [1.807, 2.05) is 32.0 Å². The number of carbonyl (C=O) groups is 1. The van der Waals surface area contributed by atoms with Gasteiger partial charge in [-0.15, -0.1) is 0 Å². The summed E-state index contributed by atoms with van der Waals surface area (Å²) >= 11 is 0. The average Bonchev–Trinajstić information content (AvgIpc) is 2.95. The normalized spacial score (nSPS) is 11.3. The third kappa shape index (κ3) is 4.60. The van der Waals surface area contributed by atoms with Gasteiger partial charge in [-0.2, -0.15) is 0 Å². The van der Waals surface area contributed by atoms with E-state index in [1.165, 1.54) is 5.56 Å². The van der Waals surface area contributed by atoms with Crippen LogP contribution in [0.2, 0.25) is 0 Å². The maximum atomic E-state index is 12.0. The highest BCUT2D eigenvalue weighted by Crippen LogP contribution is 2.20. The number of amides is 1. The summed E-state index contributed by atoms with van der Waals surface area (Å²) in [7, 11) is 0. The van der Waals surface area contributed by atoms with Crippen molar-refractivity contribution in [1.29, 1.82) is 0 Å². The predicted octanol–water partition coefficient (Wildman–Crippen LogP) is 2.98. The van der Waals surface area contributed by atoms with Crippen molar-refractivity contribution in [2.45, 2.75) is 39.8 Å². The molecule has 1 aromatic heterocycles. The van der Waals surface area contributed by atoms with Crippen LogP contribution in [0.15, 0.2) is 34.7 Å². The molecule has 2 aromatic rings. The van der Waals surface area contributed by atoms with E-state index in [4.69, 9.17) is 9.15 Å². The smallest absolute Gasteiger partial charge is 0.287 e. The Morgan fingerprint density at radius 3 is 2.65 bits per heavy atom. The Morgan fingerprint density at radius 2 is 2.00 bits per heavy atom. The van der Waals surface area contributed by atoms with Crippen molar-refractivity contribution in [3.63, 3.8) is 0 Å². The zero-order valence-corrected chi connectivity index (χ0v) is 14.0. The van der Waals surface area contributed by atoms with Crippen LogP contribution in [0.4, 0.5) is 0 Å². The summed E-state index contributed by atoms with van der Waals surface area (Å²) < 4.78 is 11.2. The molecule has 0 aliphatic carbocycles. The Bertz CT molecular complexity index is 688. The molecule has 5 nitrogen and oxygen atoms in total. The number of aliphatic hydroxyl groups excluding tert-OH is 1. The maximum absolute atomic E-state index is 12.0. The lowest BCUT2D eigenvalue weighted by atomic mass is 10.1. The van der Waals surface area contributed by atoms with Gasteiger partial charge in [-0.1, -0.05) is 17.7 Å². The molecular weight excluding hydrogens is 294 g/mol. The monoisotopic (exact) mass is 317 g/mol. The molecule has 5 heteroatoms. The molecule has 0 fully saturated rings. The van der Waals surface area contributed by atoms with E-state index in [0.29, 0.717) is 5.76 Å². The Hall–Kier alpha value is -2.27. The first-order valence-electron chi connectivity index (χ1n) is 7.53. The zero-order chi connectivity index (χ0) is 17.0. The first-order valence-corrected chi connectivity index (χ1v) is 7.53. The van der Waals surface area contributed by atoms with Crippen LogP contribution in [0.3, 0.4) is 0 Å². The lowest BCUT2D eigenvalue weighted by molar-refractivity contribution is 0.0837. The second-order valence-electron chi connectivity index (χ2n) is 6.32. The molecule has 0 radical (unpaired) electrons. The average molecular weight is 317 g/mol. The fourth-order valence-corrected chi connectivity index (χ4v) is 2.10. The summed E-state index contributed by atoms with van der Waals surface area (Å²) in [5, 5.41) is 11.9. The Labute approximate surface area is 136 Å². The van der Waals surface area contributed by atoms with E-state index < -0.39 is 5.54 Å². The Balaban J connectivity index is 1.98. The highest BCUT2D eigenvalue weighted by molar-refractivity contribution is 5.92. The van der Waals surface area contributed by atoms with Gasteiger partial charge in [0.2, 0.25) is 0 Å². The number of furan rings is 1. The molecule has 0 aliphatic rings. The van der Waals surface area contributed by atoms with Crippen LogP contribution in [0.1, 0.15) is 41.3 Å². The number of carbonyl (C=O) groups excluding carboxylic acids is 1. The highest BCUT2D eigenvalue weighted by atomic mass is 16.5. The number of ether oxygens (including phenoxy) is 1. The van der Waals surface area contributed by atoms with Crippen LogP contribution in [-0.4, -0.2) is 23.2 Å². The predicted molar refractivity (Wildman–Crippen MR) is 87.6 cm³/mol.